The van der Waals surface area contributed by atoms with Gasteiger partial charge in [-0.3, -0.25) is 4.79 Å². The molecule has 2 N–H and O–H groups in total. The number of unbranched alkanes of at least 4 members (excludes halogenated alkanes) is 1. The first-order valence-electron chi connectivity index (χ1n) is 10.4. The van der Waals surface area contributed by atoms with Gasteiger partial charge in [-0.25, -0.2) is 9.78 Å². The number of nitrogens with zero attached hydrogens (tertiary/aromatic N) is 2. The summed E-state index contributed by atoms with van der Waals surface area (Å²) in [6, 6.07) is 18.5. The molecule has 31 heavy (non-hydrogen) atoms. The molecule has 1 amide bonds. The third-order valence-corrected chi connectivity index (χ3v) is 4.85. The van der Waals surface area contributed by atoms with Crippen LogP contribution in [0.1, 0.15) is 43.6 Å². The maximum atomic E-state index is 12.5. The summed E-state index contributed by atoms with van der Waals surface area (Å²) < 4.78 is 6.95. The van der Waals surface area contributed by atoms with E-state index in [1.54, 1.807) is 10.8 Å². The fourth-order valence-corrected chi connectivity index (χ4v) is 3.31. The van der Waals surface area contributed by atoms with Crippen molar-refractivity contribution < 1.29 is 19.4 Å². The Morgan fingerprint density at radius 3 is 2.42 bits per heavy atom. The van der Waals surface area contributed by atoms with E-state index in [2.05, 4.69) is 17.2 Å². The lowest BCUT2D eigenvalue weighted by atomic mass is 10.1. The van der Waals surface area contributed by atoms with Gasteiger partial charge in [-0.1, -0.05) is 80.4 Å². The smallest absolute Gasteiger partial charge is 0.408 e. The lowest BCUT2D eigenvalue weighted by molar-refractivity contribution is -0.137. The minimum Gasteiger partial charge on any atom is -0.480 e. The highest BCUT2D eigenvalue weighted by Gasteiger charge is 2.23. The number of benzene rings is 2. The van der Waals surface area contributed by atoms with E-state index in [1.165, 1.54) is 0 Å². The van der Waals surface area contributed by atoms with Crippen LogP contribution >= 0.6 is 0 Å². The largest absolute Gasteiger partial charge is 0.480 e. The Hall–Kier alpha value is -3.61. The number of aliphatic carboxylic acids is 1. The van der Waals surface area contributed by atoms with Crippen LogP contribution in [0, 0.1) is 0 Å². The zero-order chi connectivity index (χ0) is 22.1. The number of nitrogens with one attached hydrogen (secondary N) is 1. The number of aromatic nitrogens is 2. The lowest BCUT2D eigenvalue weighted by Crippen LogP contribution is -2.31. The number of amides is 1. The Bertz CT molecular complexity index is 987. The van der Waals surface area contributed by atoms with Gasteiger partial charge in [-0.15, -0.1) is 0 Å². The molecule has 162 valence electrons. The molecule has 7 heteroatoms. The van der Waals surface area contributed by atoms with Gasteiger partial charge >= 0.3 is 12.1 Å². The molecule has 0 aliphatic rings. The van der Waals surface area contributed by atoms with E-state index in [1.807, 2.05) is 60.7 Å². The van der Waals surface area contributed by atoms with Crippen molar-refractivity contribution in [3.63, 3.8) is 0 Å². The fraction of sp³-hybridized carbons (Fsp3) is 0.292. The molecule has 1 aromatic heterocycles. The SMILES string of the molecule is CCCCC(NC(=O)OCc1ccccc1)c1nc(-c2ccccc2)cn1CC(=O)O. The number of carboxylic acid groups (broad SMARTS) is 1. The number of carboxylic acids is 1. The van der Waals surface area contributed by atoms with E-state index in [9.17, 15) is 14.7 Å². The van der Waals surface area contributed by atoms with Gasteiger partial charge < -0.3 is 19.7 Å². The minimum atomic E-state index is -0.973. The second kappa shape index (κ2) is 11.0. The first kappa shape index (κ1) is 22.1. The zero-order valence-electron chi connectivity index (χ0n) is 17.5. The molecule has 1 atom stereocenters. The zero-order valence-corrected chi connectivity index (χ0v) is 17.5. The molecule has 0 bridgehead atoms. The van der Waals surface area contributed by atoms with E-state index in [0.717, 1.165) is 24.0 Å². The molecule has 1 unspecified atom stereocenters. The van der Waals surface area contributed by atoms with Crippen LogP contribution < -0.4 is 5.32 Å². The van der Waals surface area contributed by atoms with Gasteiger partial charge in [-0.05, 0) is 12.0 Å². The summed E-state index contributed by atoms with van der Waals surface area (Å²) >= 11 is 0. The molecule has 1 heterocycles. The second-order valence-corrected chi connectivity index (χ2v) is 7.27. The number of carbonyl (C=O) groups is 2. The summed E-state index contributed by atoms with van der Waals surface area (Å²) in [4.78, 5) is 28.6. The molecule has 0 radical (unpaired) electrons. The van der Waals surface area contributed by atoms with Crippen LogP contribution in [-0.4, -0.2) is 26.7 Å². The molecule has 3 aromatic rings. The van der Waals surface area contributed by atoms with Crippen molar-refractivity contribution >= 4 is 12.1 Å². The highest BCUT2D eigenvalue weighted by atomic mass is 16.5. The van der Waals surface area contributed by atoms with E-state index in [0.29, 0.717) is 17.9 Å². The van der Waals surface area contributed by atoms with E-state index in [-0.39, 0.29) is 13.2 Å². The highest BCUT2D eigenvalue weighted by Crippen LogP contribution is 2.25. The first-order chi connectivity index (χ1) is 15.1. The van der Waals surface area contributed by atoms with Gasteiger partial charge in [0.1, 0.15) is 19.0 Å². The normalized spacial score (nSPS) is 11.6. The average molecular weight is 421 g/mol. The minimum absolute atomic E-state index is 0.159. The summed E-state index contributed by atoms with van der Waals surface area (Å²) in [5, 5.41) is 12.2. The number of alkyl carbamates (subject to hydrolysis) is 1. The number of hydrogen-bond acceptors (Lipinski definition) is 4. The van der Waals surface area contributed by atoms with Crippen LogP contribution in [0.25, 0.3) is 11.3 Å². The summed E-state index contributed by atoms with van der Waals surface area (Å²) in [5.41, 5.74) is 2.44. The molecule has 0 spiro atoms. The van der Waals surface area contributed by atoms with Gasteiger partial charge in [-0.2, -0.15) is 0 Å². The van der Waals surface area contributed by atoms with E-state index < -0.39 is 18.1 Å². The van der Waals surface area contributed by atoms with Crippen molar-refractivity contribution in [2.45, 2.75) is 45.4 Å². The van der Waals surface area contributed by atoms with Gasteiger partial charge in [0.05, 0.1) is 11.7 Å². The molecule has 0 fully saturated rings. The summed E-state index contributed by atoms with van der Waals surface area (Å²) in [6.07, 6.45) is 3.57. The first-order valence-corrected chi connectivity index (χ1v) is 10.4. The summed E-state index contributed by atoms with van der Waals surface area (Å²) in [5.74, 6) is -0.467. The van der Waals surface area contributed by atoms with E-state index in [4.69, 9.17) is 4.74 Å². The van der Waals surface area contributed by atoms with Gasteiger partial charge in [0.25, 0.3) is 0 Å². The molecule has 7 nitrogen and oxygen atoms in total. The maximum absolute atomic E-state index is 12.5. The van der Waals surface area contributed by atoms with Crippen molar-refractivity contribution in [2.24, 2.45) is 0 Å². The maximum Gasteiger partial charge on any atom is 0.408 e. The Labute approximate surface area is 181 Å². The quantitative estimate of drug-likeness (QED) is 0.491. The van der Waals surface area contributed by atoms with Crippen molar-refractivity contribution in [3.05, 3.63) is 78.2 Å². The van der Waals surface area contributed by atoms with E-state index >= 15 is 0 Å². The van der Waals surface area contributed by atoms with Gasteiger partial charge in [0.15, 0.2) is 0 Å². The van der Waals surface area contributed by atoms with Crippen LogP contribution in [0.2, 0.25) is 0 Å². The fourth-order valence-electron chi connectivity index (χ4n) is 3.31. The molecule has 0 aliphatic carbocycles. The third-order valence-electron chi connectivity index (χ3n) is 4.85. The third kappa shape index (κ3) is 6.44. The Morgan fingerprint density at radius 1 is 1.10 bits per heavy atom. The van der Waals surface area contributed by atoms with Crippen molar-refractivity contribution in [1.29, 1.82) is 0 Å². The molecule has 3 rings (SSSR count). The average Bonchev–Trinajstić information content (AvgIpc) is 3.19. The van der Waals surface area contributed by atoms with Gasteiger partial charge in [0, 0.05) is 11.8 Å². The predicted octanol–water partition coefficient (Wildman–Crippen LogP) is 4.79. The summed E-state index contributed by atoms with van der Waals surface area (Å²) in [7, 11) is 0. The molecule has 2 aromatic carbocycles. The highest BCUT2D eigenvalue weighted by molar-refractivity contribution is 5.69. The monoisotopic (exact) mass is 421 g/mol. The van der Waals surface area contributed by atoms with Crippen LogP contribution in [0.4, 0.5) is 4.79 Å². The van der Waals surface area contributed by atoms with Gasteiger partial charge in [0.2, 0.25) is 0 Å². The number of imidazole rings is 1. The Kier molecular flexibility index (Phi) is 7.81. The number of hydrogen-bond donors (Lipinski definition) is 2. The molecule has 0 saturated heterocycles. The standard InChI is InChI=1S/C24H27N3O4/c1-2-3-14-20(26-24(30)31-17-18-10-6-4-7-11-18)23-25-21(15-27(23)16-22(28)29)19-12-8-5-9-13-19/h4-13,15,20H,2-3,14,16-17H2,1H3,(H,26,30)(H,28,29). The number of ether oxygens (including phenoxy) is 1. The molecular formula is C24H27N3O4. The topological polar surface area (TPSA) is 93.5 Å². The summed E-state index contributed by atoms with van der Waals surface area (Å²) in [6.45, 7) is 1.98. The molecular weight excluding hydrogens is 394 g/mol. The van der Waals surface area contributed by atoms with Crippen molar-refractivity contribution in [2.75, 3.05) is 0 Å². The lowest BCUT2D eigenvalue weighted by Gasteiger charge is -2.19. The van der Waals surface area contributed by atoms with Crippen LogP contribution in [0.5, 0.6) is 0 Å². The Balaban J connectivity index is 1.81. The number of rotatable bonds is 10. The van der Waals surface area contributed by atoms with Crippen molar-refractivity contribution in [3.8, 4) is 11.3 Å². The van der Waals surface area contributed by atoms with Crippen molar-refractivity contribution in [1.82, 2.24) is 14.9 Å². The number of carbonyl (C=O) groups excluding carboxylic acids is 1. The van der Waals surface area contributed by atoms with Crippen LogP contribution in [-0.2, 0) is 22.7 Å². The van der Waals surface area contributed by atoms with Crippen LogP contribution in [0.3, 0.4) is 0 Å². The predicted molar refractivity (Wildman–Crippen MR) is 117 cm³/mol. The Morgan fingerprint density at radius 2 is 1.77 bits per heavy atom. The van der Waals surface area contributed by atoms with Crippen LogP contribution in [0.15, 0.2) is 66.9 Å². The molecule has 0 saturated carbocycles. The second-order valence-electron chi connectivity index (χ2n) is 7.27. The molecule has 0 aliphatic heterocycles.